The third-order valence-corrected chi connectivity index (χ3v) is 4.49. The molecule has 0 saturated carbocycles. The number of likely N-dealkylation sites (N-methyl/N-ethyl adjacent to an activating group) is 1. The molecule has 23 heavy (non-hydrogen) atoms. The van der Waals surface area contributed by atoms with Crippen molar-refractivity contribution in [2.45, 2.75) is 25.4 Å². The second-order valence-corrected chi connectivity index (χ2v) is 5.98. The Morgan fingerprint density at radius 1 is 1.35 bits per heavy atom. The molecule has 0 radical (unpaired) electrons. The van der Waals surface area contributed by atoms with Crippen molar-refractivity contribution < 1.29 is 0 Å². The Kier molecular flexibility index (Phi) is 4.84. The fourth-order valence-electron chi connectivity index (χ4n) is 3.18. The fraction of sp³-hybridized carbons (Fsp3) is 0.389. The quantitative estimate of drug-likeness (QED) is 0.868. The molecule has 1 fully saturated rings. The maximum absolute atomic E-state index is 9.25. The summed E-state index contributed by atoms with van der Waals surface area (Å²) in [6.45, 7) is 2.89. The van der Waals surface area contributed by atoms with E-state index in [2.05, 4.69) is 39.0 Å². The lowest BCUT2D eigenvalue weighted by Crippen LogP contribution is -2.46. The number of hydrogen-bond donors (Lipinski definition) is 0. The number of hydrogen-bond acceptors (Lipinski definition) is 5. The summed E-state index contributed by atoms with van der Waals surface area (Å²) in [4.78, 5) is 13.0. The highest BCUT2D eigenvalue weighted by atomic mass is 15.2. The lowest BCUT2D eigenvalue weighted by atomic mass is 10.0. The zero-order chi connectivity index (χ0) is 16.1. The first-order chi connectivity index (χ1) is 11.3. The van der Waals surface area contributed by atoms with E-state index in [1.165, 1.54) is 0 Å². The lowest BCUT2D eigenvalue weighted by molar-refractivity contribution is 0.198. The first-order valence-corrected chi connectivity index (χ1v) is 7.97. The Balaban J connectivity index is 1.68. The van der Waals surface area contributed by atoms with E-state index < -0.39 is 0 Å². The van der Waals surface area contributed by atoms with Gasteiger partial charge in [0.25, 0.3) is 0 Å². The highest BCUT2D eigenvalue weighted by Gasteiger charge is 2.24. The van der Waals surface area contributed by atoms with Gasteiger partial charge in [-0.1, -0.05) is 18.2 Å². The number of aromatic nitrogens is 2. The second kappa shape index (κ2) is 7.21. The van der Waals surface area contributed by atoms with Crippen molar-refractivity contribution in [2.75, 3.05) is 25.0 Å². The highest BCUT2D eigenvalue weighted by Crippen LogP contribution is 2.21. The number of benzene rings is 1. The molecule has 1 saturated heterocycles. The van der Waals surface area contributed by atoms with Crippen LogP contribution in [0, 0.1) is 11.3 Å². The van der Waals surface area contributed by atoms with Gasteiger partial charge in [0.1, 0.15) is 12.1 Å². The van der Waals surface area contributed by atoms with E-state index in [0.717, 1.165) is 49.4 Å². The predicted molar refractivity (Wildman–Crippen MR) is 89.9 cm³/mol. The van der Waals surface area contributed by atoms with Gasteiger partial charge in [-0.3, -0.25) is 4.90 Å². The van der Waals surface area contributed by atoms with Gasteiger partial charge in [-0.25, -0.2) is 9.97 Å². The number of piperidine rings is 1. The van der Waals surface area contributed by atoms with Crippen molar-refractivity contribution in [3.05, 3.63) is 54.0 Å². The van der Waals surface area contributed by atoms with Crippen molar-refractivity contribution in [3.8, 4) is 6.07 Å². The van der Waals surface area contributed by atoms with E-state index in [9.17, 15) is 5.26 Å². The SMILES string of the molecule is CN(c1ccncn1)C1CCCN(Cc2ccccc2C#N)C1. The summed E-state index contributed by atoms with van der Waals surface area (Å²) in [7, 11) is 2.10. The minimum absolute atomic E-state index is 0.438. The van der Waals surface area contributed by atoms with E-state index in [4.69, 9.17) is 0 Å². The van der Waals surface area contributed by atoms with Crippen molar-refractivity contribution in [3.63, 3.8) is 0 Å². The second-order valence-electron chi connectivity index (χ2n) is 5.98. The molecule has 2 heterocycles. The van der Waals surface area contributed by atoms with Crippen molar-refractivity contribution >= 4 is 5.82 Å². The monoisotopic (exact) mass is 307 g/mol. The van der Waals surface area contributed by atoms with Gasteiger partial charge < -0.3 is 4.90 Å². The van der Waals surface area contributed by atoms with Crippen LogP contribution in [0.4, 0.5) is 5.82 Å². The van der Waals surface area contributed by atoms with Crippen LogP contribution in [0.1, 0.15) is 24.0 Å². The van der Waals surface area contributed by atoms with Crippen LogP contribution in [0.25, 0.3) is 0 Å². The molecular weight excluding hydrogens is 286 g/mol. The molecular formula is C18H21N5. The van der Waals surface area contributed by atoms with Gasteiger partial charge in [0.05, 0.1) is 11.6 Å². The minimum Gasteiger partial charge on any atom is -0.355 e. The van der Waals surface area contributed by atoms with Crippen LogP contribution in [-0.2, 0) is 6.54 Å². The van der Waals surface area contributed by atoms with Crippen LogP contribution < -0.4 is 4.90 Å². The molecule has 0 bridgehead atoms. The number of likely N-dealkylation sites (tertiary alicyclic amines) is 1. The lowest BCUT2D eigenvalue weighted by Gasteiger charge is -2.38. The minimum atomic E-state index is 0.438. The molecule has 0 aliphatic carbocycles. The topological polar surface area (TPSA) is 56.1 Å². The Morgan fingerprint density at radius 3 is 3.00 bits per heavy atom. The molecule has 5 nitrogen and oxygen atoms in total. The van der Waals surface area contributed by atoms with E-state index >= 15 is 0 Å². The summed E-state index contributed by atoms with van der Waals surface area (Å²) >= 11 is 0. The number of rotatable bonds is 4. The summed E-state index contributed by atoms with van der Waals surface area (Å²) in [6, 6.07) is 12.5. The maximum atomic E-state index is 9.25. The van der Waals surface area contributed by atoms with Gasteiger partial charge in [-0.2, -0.15) is 5.26 Å². The number of nitriles is 1. The molecule has 1 unspecified atom stereocenters. The third-order valence-electron chi connectivity index (χ3n) is 4.49. The summed E-state index contributed by atoms with van der Waals surface area (Å²) in [5.41, 5.74) is 1.89. The summed E-state index contributed by atoms with van der Waals surface area (Å²) in [5, 5.41) is 9.25. The van der Waals surface area contributed by atoms with Crippen molar-refractivity contribution in [1.82, 2.24) is 14.9 Å². The third kappa shape index (κ3) is 3.66. The molecule has 1 atom stereocenters. The zero-order valence-corrected chi connectivity index (χ0v) is 13.4. The molecule has 1 aromatic heterocycles. The predicted octanol–water partition coefficient (Wildman–Crippen LogP) is 2.45. The van der Waals surface area contributed by atoms with Crippen LogP contribution >= 0.6 is 0 Å². The fourth-order valence-corrected chi connectivity index (χ4v) is 3.18. The first-order valence-electron chi connectivity index (χ1n) is 7.97. The molecule has 1 aliphatic rings. The molecule has 1 aliphatic heterocycles. The normalized spacial score (nSPS) is 18.3. The van der Waals surface area contributed by atoms with Gasteiger partial charge in [0.2, 0.25) is 0 Å². The van der Waals surface area contributed by atoms with Crippen LogP contribution in [0.3, 0.4) is 0 Å². The molecule has 3 rings (SSSR count). The Hall–Kier alpha value is -2.45. The average molecular weight is 307 g/mol. The average Bonchev–Trinajstić information content (AvgIpc) is 2.62. The van der Waals surface area contributed by atoms with E-state index in [-0.39, 0.29) is 0 Å². The molecule has 2 aromatic rings. The maximum Gasteiger partial charge on any atom is 0.131 e. The largest absolute Gasteiger partial charge is 0.355 e. The summed E-state index contributed by atoms with van der Waals surface area (Å²) in [5.74, 6) is 0.962. The van der Waals surface area contributed by atoms with Crippen molar-refractivity contribution in [1.29, 1.82) is 5.26 Å². The van der Waals surface area contributed by atoms with E-state index in [0.29, 0.717) is 6.04 Å². The van der Waals surface area contributed by atoms with Gasteiger partial charge >= 0.3 is 0 Å². The molecule has 5 heteroatoms. The Labute approximate surface area is 137 Å². The van der Waals surface area contributed by atoms with Crippen LogP contribution in [0.15, 0.2) is 42.9 Å². The standard InChI is InChI=1S/C18H21N5/c1-22(18-8-9-20-14-21-18)17-7-4-10-23(13-17)12-16-6-3-2-5-15(16)11-19/h2-3,5-6,8-9,14,17H,4,7,10,12-13H2,1H3. The molecule has 118 valence electrons. The van der Waals surface area contributed by atoms with Gasteiger partial charge in [0.15, 0.2) is 0 Å². The van der Waals surface area contributed by atoms with Crippen molar-refractivity contribution in [2.24, 2.45) is 0 Å². The van der Waals surface area contributed by atoms with Gasteiger partial charge in [0, 0.05) is 32.4 Å². The Morgan fingerprint density at radius 2 is 2.22 bits per heavy atom. The molecule has 1 aromatic carbocycles. The van der Waals surface area contributed by atoms with Crippen LogP contribution in [0.2, 0.25) is 0 Å². The smallest absolute Gasteiger partial charge is 0.131 e. The number of nitrogens with zero attached hydrogens (tertiary/aromatic N) is 5. The zero-order valence-electron chi connectivity index (χ0n) is 13.4. The van der Waals surface area contributed by atoms with Gasteiger partial charge in [-0.15, -0.1) is 0 Å². The highest BCUT2D eigenvalue weighted by molar-refractivity contribution is 5.38. The molecule has 0 spiro atoms. The van der Waals surface area contributed by atoms with E-state index in [1.54, 1.807) is 12.5 Å². The summed E-state index contributed by atoms with van der Waals surface area (Å²) in [6.07, 6.45) is 5.70. The van der Waals surface area contributed by atoms with Crippen LogP contribution in [0.5, 0.6) is 0 Å². The molecule has 0 N–H and O–H groups in total. The Bertz CT molecular complexity index is 679. The van der Waals surface area contributed by atoms with Crippen LogP contribution in [-0.4, -0.2) is 41.0 Å². The summed E-state index contributed by atoms with van der Waals surface area (Å²) < 4.78 is 0. The molecule has 0 amide bonds. The number of anilines is 1. The van der Waals surface area contributed by atoms with Gasteiger partial charge in [-0.05, 0) is 37.1 Å². The first kappa shape index (κ1) is 15.4. The van der Waals surface area contributed by atoms with E-state index in [1.807, 2.05) is 24.3 Å².